The summed E-state index contributed by atoms with van der Waals surface area (Å²) in [5, 5.41) is 22.6. The van der Waals surface area contributed by atoms with Crippen LogP contribution in [0.3, 0.4) is 0 Å². The number of carbonyl (C=O) groups is 1. The molecular formula is C32H61NO3. The van der Waals surface area contributed by atoms with Gasteiger partial charge in [-0.05, 0) is 25.7 Å². The second-order valence-corrected chi connectivity index (χ2v) is 10.5. The molecule has 1 amide bonds. The number of nitrogens with one attached hydrogen (secondary N) is 1. The van der Waals surface area contributed by atoms with E-state index in [4.69, 9.17) is 0 Å². The molecule has 0 aromatic carbocycles. The van der Waals surface area contributed by atoms with Gasteiger partial charge in [0.05, 0.1) is 18.8 Å². The molecule has 0 aliphatic heterocycles. The standard InChI is InChI=1S/C32H61NO3/c1-3-5-7-9-11-12-13-14-15-16-17-18-19-20-22-24-26-28-32(36)33-30(29-34)31(35)27-25-23-21-10-8-6-4-2/h8,10,25,27,30-31,34-35H,3-7,9,11-24,26,28-29H2,1-2H3,(H,33,36)/b10-8+,27-25+. The first kappa shape index (κ1) is 34.9. The van der Waals surface area contributed by atoms with Crippen molar-refractivity contribution in [3.63, 3.8) is 0 Å². The van der Waals surface area contributed by atoms with Gasteiger partial charge in [0.25, 0.3) is 0 Å². The van der Waals surface area contributed by atoms with Crippen LogP contribution in [0.25, 0.3) is 0 Å². The van der Waals surface area contributed by atoms with Crippen LogP contribution in [0.5, 0.6) is 0 Å². The van der Waals surface area contributed by atoms with Crippen LogP contribution in [0.2, 0.25) is 0 Å². The minimum Gasteiger partial charge on any atom is -0.394 e. The maximum Gasteiger partial charge on any atom is 0.220 e. The molecule has 2 atom stereocenters. The zero-order chi connectivity index (χ0) is 26.5. The summed E-state index contributed by atoms with van der Waals surface area (Å²) in [6, 6.07) is -0.629. The highest BCUT2D eigenvalue weighted by Gasteiger charge is 2.17. The Balaban J connectivity index is 3.57. The summed E-state index contributed by atoms with van der Waals surface area (Å²) in [4.78, 5) is 12.2. The summed E-state index contributed by atoms with van der Waals surface area (Å²) < 4.78 is 0. The fraction of sp³-hybridized carbons (Fsp3) is 0.844. The molecular weight excluding hydrogens is 446 g/mol. The third-order valence-electron chi connectivity index (χ3n) is 6.92. The van der Waals surface area contributed by atoms with Crippen molar-refractivity contribution in [2.75, 3.05) is 6.61 Å². The smallest absolute Gasteiger partial charge is 0.220 e. The highest BCUT2D eigenvalue weighted by molar-refractivity contribution is 5.76. The molecule has 0 spiro atoms. The van der Waals surface area contributed by atoms with Gasteiger partial charge in [0, 0.05) is 6.42 Å². The molecule has 0 saturated heterocycles. The van der Waals surface area contributed by atoms with E-state index in [9.17, 15) is 15.0 Å². The van der Waals surface area contributed by atoms with Gasteiger partial charge in [-0.2, -0.15) is 0 Å². The molecule has 0 aliphatic rings. The Morgan fingerprint density at radius 3 is 1.56 bits per heavy atom. The van der Waals surface area contributed by atoms with Gasteiger partial charge in [0.15, 0.2) is 0 Å². The highest BCUT2D eigenvalue weighted by atomic mass is 16.3. The molecule has 0 bridgehead atoms. The number of rotatable bonds is 27. The number of allylic oxidation sites excluding steroid dienone is 3. The lowest BCUT2D eigenvalue weighted by atomic mass is 10.0. The van der Waals surface area contributed by atoms with Crippen molar-refractivity contribution in [1.82, 2.24) is 5.32 Å². The second-order valence-electron chi connectivity index (χ2n) is 10.5. The summed E-state index contributed by atoms with van der Waals surface area (Å²) in [6.45, 7) is 4.18. The van der Waals surface area contributed by atoms with Crippen LogP contribution in [0.15, 0.2) is 24.3 Å². The number of aliphatic hydroxyl groups is 2. The number of hydrogen-bond acceptors (Lipinski definition) is 3. The molecule has 0 radical (unpaired) electrons. The van der Waals surface area contributed by atoms with E-state index >= 15 is 0 Å². The van der Waals surface area contributed by atoms with Gasteiger partial charge >= 0.3 is 0 Å². The lowest BCUT2D eigenvalue weighted by Gasteiger charge is -2.19. The van der Waals surface area contributed by atoms with Gasteiger partial charge in [-0.15, -0.1) is 0 Å². The summed E-state index contributed by atoms with van der Waals surface area (Å²) >= 11 is 0. The van der Waals surface area contributed by atoms with Gasteiger partial charge in [0.2, 0.25) is 5.91 Å². The lowest BCUT2D eigenvalue weighted by Crippen LogP contribution is -2.45. The van der Waals surface area contributed by atoms with Gasteiger partial charge in [0.1, 0.15) is 0 Å². The number of carbonyl (C=O) groups excluding carboxylic acids is 1. The zero-order valence-electron chi connectivity index (χ0n) is 24.0. The Hall–Kier alpha value is -1.13. The zero-order valence-corrected chi connectivity index (χ0v) is 24.0. The number of hydrogen-bond donors (Lipinski definition) is 3. The van der Waals surface area contributed by atoms with Crippen molar-refractivity contribution in [2.24, 2.45) is 0 Å². The van der Waals surface area contributed by atoms with Crippen molar-refractivity contribution >= 4 is 5.91 Å². The van der Waals surface area contributed by atoms with Crippen LogP contribution in [0.1, 0.15) is 155 Å². The van der Waals surface area contributed by atoms with Crippen LogP contribution < -0.4 is 5.32 Å². The summed E-state index contributed by atoms with van der Waals surface area (Å²) in [5.74, 6) is -0.0787. The molecule has 0 aromatic rings. The molecule has 4 nitrogen and oxygen atoms in total. The molecule has 212 valence electrons. The van der Waals surface area contributed by atoms with E-state index in [-0.39, 0.29) is 12.5 Å². The SMILES string of the molecule is CCC/C=C/CC/C=C/C(O)C(CO)NC(=O)CCCCCCCCCCCCCCCCCCC. The molecule has 0 aromatic heterocycles. The topological polar surface area (TPSA) is 69.6 Å². The lowest BCUT2D eigenvalue weighted by molar-refractivity contribution is -0.123. The average molecular weight is 508 g/mol. The molecule has 0 aliphatic carbocycles. The monoisotopic (exact) mass is 507 g/mol. The predicted molar refractivity (Wildman–Crippen MR) is 156 cm³/mol. The minimum atomic E-state index is -0.853. The Kier molecular flexibility index (Phi) is 27.5. The minimum absolute atomic E-state index is 0.0787. The van der Waals surface area contributed by atoms with E-state index < -0.39 is 12.1 Å². The second kappa shape index (κ2) is 28.4. The normalized spacial score (nSPS) is 13.6. The molecule has 3 N–H and O–H groups in total. The van der Waals surface area contributed by atoms with Crippen molar-refractivity contribution < 1.29 is 15.0 Å². The quantitative estimate of drug-likeness (QED) is 0.0770. The maximum atomic E-state index is 12.2. The third kappa shape index (κ3) is 24.6. The molecule has 0 heterocycles. The van der Waals surface area contributed by atoms with Gasteiger partial charge in [-0.1, -0.05) is 147 Å². The molecule has 0 saturated carbocycles. The van der Waals surface area contributed by atoms with Crippen molar-refractivity contribution in [2.45, 2.75) is 167 Å². The van der Waals surface area contributed by atoms with Crippen LogP contribution in [0.4, 0.5) is 0 Å². The Labute approximate surface area is 224 Å². The molecule has 4 heteroatoms. The first-order valence-electron chi connectivity index (χ1n) is 15.6. The summed E-state index contributed by atoms with van der Waals surface area (Å²) in [7, 11) is 0. The average Bonchev–Trinajstić information content (AvgIpc) is 2.88. The van der Waals surface area contributed by atoms with Gasteiger partial charge in [-0.25, -0.2) is 0 Å². The first-order chi connectivity index (χ1) is 17.7. The van der Waals surface area contributed by atoms with Gasteiger partial charge < -0.3 is 15.5 Å². The van der Waals surface area contributed by atoms with Crippen molar-refractivity contribution in [3.8, 4) is 0 Å². The van der Waals surface area contributed by atoms with Crippen LogP contribution in [-0.2, 0) is 4.79 Å². The predicted octanol–water partition coefficient (Wildman–Crippen LogP) is 8.56. The molecule has 2 unspecified atom stereocenters. The van der Waals surface area contributed by atoms with Crippen molar-refractivity contribution in [3.05, 3.63) is 24.3 Å². The summed E-state index contributed by atoms with van der Waals surface area (Å²) in [6.07, 6.45) is 34.1. The van der Waals surface area contributed by atoms with Crippen LogP contribution in [-0.4, -0.2) is 34.9 Å². The maximum absolute atomic E-state index is 12.2. The number of amides is 1. The van der Waals surface area contributed by atoms with E-state index in [1.807, 2.05) is 6.08 Å². The fourth-order valence-corrected chi connectivity index (χ4v) is 4.49. The Morgan fingerprint density at radius 1 is 0.639 bits per heavy atom. The molecule has 0 rings (SSSR count). The number of unbranched alkanes of at least 4 members (excludes halogenated alkanes) is 18. The largest absolute Gasteiger partial charge is 0.394 e. The van der Waals surface area contributed by atoms with E-state index in [2.05, 4.69) is 31.3 Å². The van der Waals surface area contributed by atoms with E-state index in [1.165, 1.54) is 96.3 Å². The fourth-order valence-electron chi connectivity index (χ4n) is 4.49. The van der Waals surface area contributed by atoms with Crippen LogP contribution in [0, 0.1) is 0 Å². The third-order valence-corrected chi connectivity index (χ3v) is 6.92. The van der Waals surface area contributed by atoms with E-state index in [1.54, 1.807) is 6.08 Å². The van der Waals surface area contributed by atoms with Crippen molar-refractivity contribution in [1.29, 1.82) is 0 Å². The molecule has 36 heavy (non-hydrogen) atoms. The van der Waals surface area contributed by atoms with Crippen LogP contribution >= 0.6 is 0 Å². The Morgan fingerprint density at radius 2 is 1.08 bits per heavy atom. The number of aliphatic hydroxyl groups excluding tert-OH is 2. The van der Waals surface area contributed by atoms with E-state index in [0.717, 1.165) is 38.5 Å². The molecule has 0 fully saturated rings. The summed E-state index contributed by atoms with van der Waals surface area (Å²) in [5.41, 5.74) is 0. The first-order valence-corrected chi connectivity index (χ1v) is 15.6. The Bertz CT molecular complexity index is 518. The highest BCUT2D eigenvalue weighted by Crippen LogP contribution is 2.14. The van der Waals surface area contributed by atoms with E-state index in [0.29, 0.717) is 6.42 Å². The van der Waals surface area contributed by atoms with Gasteiger partial charge in [-0.3, -0.25) is 4.79 Å².